The highest BCUT2D eigenvalue weighted by Crippen LogP contribution is 2.29. The number of nitrogens with one attached hydrogen (secondary N) is 2. The van der Waals surface area contributed by atoms with Crippen LogP contribution in [0.5, 0.6) is 5.88 Å². The Hall–Kier alpha value is -2.64. The lowest BCUT2D eigenvalue weighted by Gasteiger charge is -2.12. The first kappa shape index (κ1) is 23.6. The Morgan fingerprint density at radius 3 is 2.70 bits per heavy atom. The molecule has 0 saturated carbocycles. The van der Waals surface area contributed by atoms with Crippen molar-refractivity contribution in [2.45, 2.75) is 19.6 Å². The Balaban J connectivity index is 0.00000320. The van der Waals surface area contributed by atoms with Crippen molar-refractivity contribution in [2.24, 2.45) is 4.99 Å². The molecule has 0 unspecified atom stereocenters. The molecule has 3 heterocycles. The molecular formula is C18H21F3IN7O. The monoisotopic (exact) mass is 535 g/mol. The highest BCUT2D eigenvalue weighted by Gasteiger charge is 2.30. The highest BCUT2D eigenvalue weighted by molar-refractivity contribution is 14.0. The van der Waals surface area contributed by atoms with Gasteiger partial charge in [0.2, 0.25) is 5.88 Å². The van der Waals surface area contributed by atoms with E-state index in [4.69, 9.17) is 4.74 Å². The summed E-state index contributed by atoms with van der Waals surface area (Å²) in [5, 5.41) is 14.4. The first-order chi connectivity index (χ1) is 14.0. The molecular weight excluding hydrogens is 514 g/mol. The van der Waals surface area contributed by atoms with E-state index in [2.05, 4.69) is 30.8 Å². The summed E-state index contributed by atoms with van der Waals surface area (Å²) < 4.78 is 44.8. The summed E-state index contributed by atoms with van der Waals surface area (Å²) in [6, 6.07) is 7.76. The van der Waals surface area contributed by atoms with Crippen LogP contribution in [0, 0.1) is 0 Å². The van der Waals surface area contributed by atoms with Crippen LogP contribution in [0.25, 0.3) is 5.65 Å². The smallest absolute Gasteiger partial charge is 0.417 e. The van der Waals surface area contributed by atoms with Crippen molar-refractivity contribution in [1.29, 1.82) is 0 Å². The Labute approximate surface area is 188 Å². The summed E-state index contributed by atoms with van der Waals surface area (Å²) in [5.74, 6) is 1.38. The number of rotatable bonds is 7. The number of pyridine rings is 2. The van der Waals surface area contributed by atoms with Gasteiger partial charge in [0.25, 0.3) is 0 Å². The third kappa shape index (κ3) is 6.43. The van der Waals surface area contributed by atoms with Crippen molar-refractivity contribution in [3.63, 3.8) is 0 Å². The van der Waals surface area contributed by atoms with E-state index in [0.717, 1.165) is 17.9 Å². The predicted molar refractivity (Wildman–Crippen MR) is 116 cm³/mol. The second-order valence-corrected chi connectivity index (χ2v) is 5.90. The molecule has 0 aliphatic rings. The normalized spacial score (nSPS) is 11.8. The number of ether oxygens (including phenoxy) is 1. The average Bonchev–Trinajstić information content (AvgIpc) is 3.12. The van der Waals surface area contributed by atoms with Gasteiger partial charge in [0, 0.05) is 25.0 Å². The Morgan fingerprint density at radius 1 is 1.17 bits per heavy atom. The van der Waals surface area contributed by atoms with Crippen LogP contribution >= 0.6 is 24.0 Å². The SMILES string of the molecule is CCNC(=NCc1nnc2ccccn12)NCCOc1ccc(C(F)(F)F)cn1.I. The van der Waals surface area contributed by atoms with Gasteiger partial charge in [0.05, 0.1) is 12.1 Å². The van der Waals surface area contributed by atoms with Crippen LogP contribution in [0.4, 0.5) is 13.2 Å². The molecule has 3 aromatic rings. The number of guanidine groups is 1. The minimum atomic E-state index is -4.42. The lowest BCUT2D eigenvalue weighted by atomic mass is 10.3. The second kappa shape index (κ2) is 10.9. The van der Waals surface area contributed by atoms with Crippen molar-refractivity contribution < 1.29 is 17.9 Å². The van der Waals surface area contributed by atoms with Crippen LogP contribution < -0.4 is 15.4 Å². The molecule has 0 aliphatic heterocycles. The van der Waals surface area contributed by atoms with E-state index < -0.39 is 11.7 Å². The van der Waals surface area contributed by atoms with Gasteiger partial charge in [0.1, 0.15) is 13.2 Å². The number of alkyl halides is 3. The molecule has 162 valence electrons. The Morgan fingerprint density at radius 2 is 2.00 bits per heavy atom. The van der Waals surface area contributed by atoms with Crippen molar-refractivity contribution >= 4 is 35.6 Å². The van der Waals surface area contributed by atoms with Crippen molar-refractivity contribution in [2.75, 3.05) is 19.7 Å². The maximum absolute atomic E-state index is 12.5. The molecule has 0 aliphatic carbocycles. The van der Waals surface area contributed by atoms with E-state index in [9.17, 15) is 13.2 Å². The predicted octanol–water partition coefficient (Wildman–Crippen LogP) is 2.90. The first-order valence-electron chi connectivity index (χ1n) is 8.94. The molecule has 30 heavy (non-hydrogen) atoms. The lowest BCUT2D eigenvalue weighted by molar-refractivity contribution is -0.137. The molecule has 8 nitrogen and oxygen atoms in total. The first-order valence-corrected chi connectivity index (χ1v) is 8.94. The standard InChI is InChI=1S/C18H20F3N7O.HI/c1-2-22-17(25-12-15-27-26-14-5-3-4-9-28(14)15)23-8-10-29-16-7-6-13(11-24-16)18(19,20)21;/h3-7,9,11H,2,8,10,12H2,1H3,(H2,22,23,25);1H. The van der Waals surface area contributed by atoms with Crippen LogP contribution in [0.2, 0.25) is 0 Å². The quantitative estimate of drug-likeness (QED) is 0.210. The van der Waals surface area contributed by atoms with Gasteiger partial charge in [-0.25, -0.2) is 9.98 Å². The average molecular weight is 535 g/mol. The Kier molecular flexibility index (Phi) is 8.62. The van der Waals surface area contributed by atoms with E-state index in [0.29, 0.717) is 31.4 Å². The van der Waals surface area contributed by atoms with Gasteiger partial charge in [0.15, 0.2) is 17.4 Å². The largest absolute Gasteiger partial charge is 0.476 e. The second-order valence-electron chi connectivity index (χ2n) is 5.90. The van der Waals surface area contributed by atoms with Gasteiger partial charge >= 0.3 is 6.18 Å². The van der Waals surface area contributed by atoms with Gasteiger partial charge in [-0.15, -0.1) is 34.2 Å². The van der Waals surface area contributed by atoms with Crippen LogP contribution in [-0.4, -0.2) is 45.2 Å². The van der Waals surface area contributed by atoms with Crippen LogP contribution in [0.3, 0.4) is 0 Å². The highest BCUT2D eigenvalue weighted by atomic mass is 127. The zero-order valence-electron chi connectivity index (χ0n) is 16.1. The fourth-order valence-electron chi connectivity index (χ4n) is 2.45. The number of fused-ring (bicyclic) bond motifs is 1. The summed E-state index contributed by atoms with van der Waals surface area (Å²) in [5.41, 5.74) is -0.0707. The van der Waals surface area contributed by atoms with Crippen molar-refractivity contribution in [3.8, 4) is 5.88 Å². The van der Waals surface area contributed by atoms with Gasteiger partial charge in [-0.05, 0) is 25.1 Å². The maximum Gasteiger partial charge on any atom is 0.417 e. The molecule has 0 fully saturated rings. The molecule has 12 heteroatoms. The molecule has 0 saturated heterocycles. The molecule has 0 aromatic carbocycles. The third-order valence-corrected chi connectivity index (χ3v) is 3.82. The fourth-order valence-corrected chi connectivity index (χ4v) is 2.45. The number of aromatic nitrogens is 4. The molecule has 0 amide bonds. The number of hydrogen-bond donors (Lipinski definition) is 2. The van der Waals surface area contributed by atoms with Crippen LogP contribution in [-0.2, 0) is 12.7 Å². The molecule has 0 spiro atoms. The van der Waals surface area contributed by atoms with E-state index in [-0.39, 0.29) is 36.5 Å². The number of halogens is 4. The van der Waals surface area contributed by atoms with E-state index in [1.165, 1.54) is 6.07 Å². The summed E-state index contributed by atoms with van der Waals surface area (Å²) in [7, 11) is 0. The molecule has 2 N–H and O–H groups in total. The zero-order valence-corrected chi connectivity index (χ0v) is 18.4. The number of aliphatic imine (C=N–C) groups is 1. The fraction of sp³-hybridized carbons (Fsp3) is 0.333. The molecule has 0 atom stereocenters. The Bertz CT molecular complexity index is 960. The van der Waals surface area contributed by atoms with E-state index in [1.807, 2.05) is 35.7 Å². The van der Waals surface area contributed by atoms with Gasteiger partial charge < -0.3 is 15.4 Å². The minimum Gasteiger partial charge on any atom is -0.476 e. The molecule has 3 aromatic heterocycles. The van der Waals surface area contributed by atoms with Crippen molar-refractivity contribution in [3.05, 3.63) is 54.1 Å². The van der Waals surface area contributed by atoms with Crippen LogP contribution in [0.1, 0.15) is 18.3 Å². The van der Waals surface area contributed by atoms with Crippen molar-refractivity contribution in [1.82, 2.24) is 30.2 Å². The number of hydrogen-bond acceptors (Lipinski definition) is 5. The van der Waals surface area contributed by atoms with Gasteiger partial charge in [-0.3, -0.25) is 4.40 Å². The summed E-state index contributed by atoms with van der Waals surface area (Å²) in [4.78, 5) is 8.13. The maximum atomic E-state index is 12.5. The summed E-state index contributed by atoms with van der Waals surface area (Å²) in [6.07, 6.45) is -1.80. The van der Waals surface area contributed by atoms with E-state index >= 15 is 0 Å². The van der Waals surface area contributed by atoms with E-state index in [1.54, 1.807) is 0 Å². The molecule has 0 bridgehead atoms. The van der Waals surface area contributed by atoms with Crippen LogP contribution in [0.15, 0.2) is 47.7 Å². The van der Waals surface area contributed by atoms with Gasteiger partial charge in [-0.1, -0.05) is 6.07 Å². The summed E-state index contributed by atoms with van der Waals surface area (Å²) >= 11 is 0. The number of nitrogens with zero attached hydrogens (tertiary/aromatic N) is 5. The zero-order chi connectivity index (χ0) is 20.7. The van der Waals surface area contributed by atoms with Gasteiger partial charge in [-0.2, -0.15) is 13.2 Å². The minimum absolute atomic E-state index is 0. The molecule has 0 radical (unpaired) electrons. The summed E-state index contributed by atoms with van der Waals surface area (Å²) in [6.45, 7) is 3.51. The topological polar surface area (TPSA) is 88.7 Å². The lowest BCUT2D eigenvalue weighted by Crippen LogP contribution is -2.39. The third-order valence-electron chi connectivity index (χ3n) is 3.82. The molecule has 3 rings (SSSR count).